The van der Waals surface area contributed by atoms with E-state index in [1.165, 1.54) is 0 Å². The Labute approximate surface area is 189 Å². The van der Waals surface area contributed by atoms with Crippen LogP contribution in [0.4, 0.5) is 0 Å². The van der Waals surface area contributed by atoms with Crippen molar-refractivity contribution >= 4 is 35.2 Å². The van der Waals surface area contributed by atoms with Crippen molar-refractivity contribution in [1.82, 2.24) is 4.90 Å². The Morgan fingerprint density at radius 2 is 2.03 bits per heavy atom. The van der Waals surface area contributed by atoms with E-state index >= 15 is 0 Å². The Hall–Kier alpha value is -1.81. The zero-order valence-corrected chi connectivity index (χ0v) is 19.0. The van der Waals surface area contributed by atoms with Crippen molar-refractivity contribution in [1.29, 1.82) is 0 Å². The lowest BCUT2D eigenvalue weighted by Gasteiger charge is -2.31. The van der Waals surface area contributed by atoms with Gasteiger partial charge in [0.1, 0.15) is 0 Å². The van der Waals surface area contributed by atoms with Gasteiger partial charge in [0.15, 0.2) is 0 Å². The average molecular weight is 446 g/mol. The second-order valence-corrected chi connectivity index (χ2v) is 8.49. The average Bonchev–Trinajstić information content (AvgIpc) is 2.74. The molecule has 0 radical (unpaired) electrons. The number of nitrogens with zero attached hydrogens (tertiary/aromatic N) is 1. The fourth-order valence-electron chi connectivity index (χ4n) is 3.95. The van der Waals surface area contributed by atoms with Gasteiger partial charge in [-0.05, 0) is 69.0 Å². The molecule has 1 aliphatic rings. The van der Waals surface area contributed by atoms with Gasteiger partial charge in [-0.15, -0.1) is 0 Å². The third-order valence-corrected chi connectivity index (χ3v) is 6.00. The molecule has 0 saturated carbocycles. The third kappa shape index (κ3) is 6.34. The summed E-state index contributed by atoms with van der Waals surface area (Å²) in [5.74, 6) is -0.00944. The molecule has 1 unspecified atom stereocenters. The fourth-order valence-corrected chi connectivity index (χ4v) is 4.46. The number of benzene rings is 2. The number of allylic oxidation sites excluding steroid dienone is 1. The molecule has 30 heavy (non-hydrogen) atoms. The van der Waals surface area contributed by atoms with E-state index in [4.69, 9.17) is 27.9 Å². The molecule has 1 fully saturated rings. The number of carbonyl (C=O) groups is 1. The van der Waals surface area contributed by atoms with Gasteiger partial charge >= 0.3 is 5.97 Å². The van der Waals surface area contributed by atoms with Crippen LogP contribution in [0, 0.1) is 5.92 Å². The quantitative estimate of drug-likeness (QED) is 0.333. The third-order valence-electron chi connectivity index (χ3n) is 5.45. The van der Waals surface area contributed by atoms with Crippen molar-refractivity contribution < 1.29 is 9.53 Å². The lowest BCUT2D eigenvalue weighted by Crippen LogP contribution is -2.39. The fraction of sp³-hybridized carbons (Fsp3) is 0.400. The summed E-state index contributed by atoms with van der Waals surface area (Å²) in [5.41, 5.74) is 3.23. The molecule has 0 aromatic heterocycles. The molecule has 2 aromatic carbocycles. The minimum atomic E-state index is -0.0421. The van der Waals surface area contributed by atoms with E-state index in [2.05, 4.69) is 29.2 Å². The maximum Gasteiger partial charge on any atom is 0.310 e. The van der Waals surface area contributed by atoms with Crippen LogP contribution in [0.1, 0.15) is 38.2 Å². The molecule has 1 atom stereocenters. The number of piperidine rings is 1. The van der Waals surface area contributed by atoms with Crippen LogP contribution in [0.2, 0.25) is 10.0 Å². The number of likely N-dealkylation sites (tertiary alicyclic amines) is 1. The summed E-state index contributed by atoms with van der Waals surface area (Å²) >= 11 is 12.5. The van der Waals surface area contributed by atoms with E-state index in [0.29, 0.717) is 16.7 Å². The SMILES string of the molecule is CCOC(=O)C1CCCN(CCC/C=C/c2ccccc2-c2ccc(Cl)cc2Cl)C1. The van der Waals surface area contributed by atoms with E-state index in [1.54, 1.807) is 6.07 Å². The number of ether oxygens (including phenoxy) is 1. The van der Waals surface area contributed by atoms with Gasteiger partial charge in [-0.25, -0.2) is 0 Å². The van der Waals surface area contributed by atoms with Gasteiger partial charge in [-0.1, -0.05) is 65.7 Å². The lowest BCUT2D eigenvalue weighted by atomic mass is 9.98. The highest BCUT2D eigenvalue weighted by Gasteiger charge is 2.26. The predicted molar refractivity (Wildman–Crippen MR) is 126 cm³/mol. The largest absolute Gasteiger partial charge is 0.466 e. The summed E-state index contributed by atoms with van der Waals surface area (Å²) in [5, 5.41) is 1.30. The highest BCUT2D eigenvalue weighted by molar-refractivity contribution is 6.36. The van der Waals surface area contributed by atoms with Crippen LogP contribution in [-0.4, -0.2) is 37.1 Å². The number of carbonyl (C=O) groups excluding carboxylic acids is 1. The number of esters is 1. The van der Waals surface area contributed by atoms with Crippen LogP contribution in [0.25, 0.3) is 17.2 Å². The summed E-state index contributed by atoms with van der Waals surface area (Å²) in [6, 6.07) is 13.9. The molecule has 3 rings (SSSR count). The molecular formula is C25H29Cl2NO2. The van der Waals surface area contributed by atoms with Crippen LogP contribution in [0.15, 0.2) is 48.5 Å². The number of hydrogen-bond acceptors (Lipinski definition) is 3. The maximum atomic E-state index is 12.0. The Bertz CT molecular complexity index is 881. The summed E-state index contributed by atoms with van der Waals surface area (Å²) in [6.45, 7) is 5.22. The van der Waals surface area contributed by atoms with E-state index in [-0.39, 0.29) is 11.9 Å². The lowest BCUT2D eigenvalue weighted by molar-refractivity contribution is -0.149. The summed E-state index contributed by atoms with van der Waals surface area (Å²) in [7, 11) is 0. The number of halogens is 2. The predicted octanol–water partition coefficient (Wildman–Crippen LogP) is 6.73. The second kappa shape index (κ2) is 11.5. The molecule has 160 valence electrons. The first kappa shape index (κ1) is 22.9. The van der Waals surface area contributed by atoms with Crippen LogP contribution >= 0.6 is 23.2 Å². The summed E-state index contributed by atoms with van der Waals surface area (Å²) in [6.07, 6.45) is 8.44. The first-order valence-corrected chi connectivity index (χ1v) is 11.4. The van der Waals surface area contributed by atoms with E-state index in [0.717, 1.165) is 62.0 Å². The normalized spacial score (nSPS) is 17.4. The van der Waals surface area contributed by atoms with Gasteiger partial charge < -0.3 is 9.64 Å². The molecule has 0 bridgehead atoms. The second-order valence-electron chi connectivity index (χ2n) is 7.65. The molecule has 5 heteroatoms. The molecule has 0 spiro atoms. The van der Waals surface area contributed by atoms with Crippen molar-refractivity contribution in [3.05, 3.63) is 64.1 Å². The Kier molecular flexibility index (Phi) is 8.80. The first-order chi connectivity index (χ1) is 14.6. The van der Waals surface area contributed by atoms with Gasteiger partial charge in [0, 0.05) is 22.2 Å². The zero-order valence-electron chi connectivity index (χ0n) is 17.4. The molecule has 1 aliphatic heterocycles. The van der Waals surface area contributed by atoms with Gasteiger partial charge in [0.2, 0.25) is 0 Å². The minimum absolute atomic E-state index is 0.0326. The van der Waals surface area contributed by atoms with Gasteiger partial charge in [-0.3, -0.25) is 4.79 Å². The van der Waals surface area contributed by atoms with Crippen LogP contribution < -0.4 is 0 Å². The van der Waals surface area contributed by atoms with Crippen LogP contribution in [0.3, 0.4) is 0 Å². The molecule has 2 aromatic rings. The van der Waals surface area contributed by atoms with Crippen molar-refractivity contribution in [2.24, 2.45) is 5.92 Å². The number of hydrogen-bond donors (Lipinski definition) is 0. The number of unbranched alkanes of at least 4 members (excludes halogenated alkanes) is 1. The maximum absolute atomic E-state index is 12.0. The summed E-state index contributed by atoms with van der Waals surface area (Å²) in [4.78, 5) is 14.4. The molecule has 0 aliphatic carbocycles. The Morgan fingerprint density at radius 3 is 2.83 bits per heavy atom. The Morgan fingerprint density at radius 1 is 1.20 bits per heavy atom. The highest BCUT2D eigenvalue weighted by atomic mass is 35.5. The number of rotatable bonds is 8. The zero-order chi connectivity index (χ0) is 21.3. The Balaban J connectivity index is 1.54. The van der Waals surface area contributed by atoms with E-state index in [9.17, 15) is 4.79 Å². The molecular weight excluding hydrogens is 417 g/mol. The highest BCUT2D eigenvalue weighted by Crippen LogP contribution is 2.33. The van der Waals surface area contributed by atoms with Crippen LogP contribution in [0.5, 0.6) is 0 Å². The van der Waals surface area contributed by atoms with E-state index < -0.39 is 0 Å². The van der Waals surface area contributed by atoms with Crippen molar-refractivity contribution in [2.45, 2.75) is 32.6 Å². The topological polar surface area (TPSA) is 29.5 Å². The monoisotopic (exact) mass is 445 g/mol. The molecule has 1 heterocycles. The molecule has 0 N–H and O–H groups in total. The minimum Gasteiger partial charge on any atom is -0.466 e. The van der Waals surface area contributed by atoms with Crippen molar-refractivity contribution in [2.75, 3.05) is 26.2 Å². The molecule has 1 saturated heterocycles. The van der Waals surface area contributed by atoms with Gasteiger partial charge in [0.05, 0.1) is 12.5 Å². The van der Waals surface area contributed by atoms with Gasteiger partial charge in [0.25, 0.3) is 0 Å². The standard InChI is InChI=1S/C25H29Cl2NO2/c1-2-30-25(29)20-11-8-16-28(18-20)15-7-3-4-9-19-10-5-6-12-22(19)23-14-13-21(26)17-24(23)27/h4-6,9-10,12-14,17,20H,2-3,7-8,11,15-16,18H2,1H3/b9-4+. The summed E-state index contributed by atoms with van der Waals surface area (Å²) < 4.78 is 5.19. The first-order valence-electron chi connectivity index (χ1n) is 10.7. The van der Waals surface area contributed by atoms with Crippen LogP contribution in [-0.2, 0) is 9.53 Å². The smallest absolute Gasteiger partial charge is 0.310 e. The van der Waals surface area contributed by atoms with Crippen molar-refractivity contribution in [3.8, 4) is 11.1 Å². The van der Waals surface area contributed by atoms with Gasteiger partial charge in [-0.2, -0.15) is 0 Å². The van der Waals surface area contributed by atoms with Crippen molar-refractivity contribution in [3.63, 3.8) is 0 Å². The molecule has 0 amide bonds. The molecule has 3 nitrogen and oxygen atoms in total. The van der Waals surface area contributed by atoms with E-state index in [1.807, 2.05) is 31.2 Å².